The van der Waals surface area contributed by atoms with Crippen molar-refractivity contribution in [2.45, 2.75) is 18.7 Å². The Kier molecular flexibility index (Phi) is 7.14. The van der Waals surface area contributed by atoms with Crippen molar-refractivity contribution in [3.63, 3.8) is 0 Å². The lowest BCUT2D eigenvalue weighted by Gasteiger charge is -2.11. The lowest BCUT2D eigenvalue weighted by Crippen LogP contribution is -2.09. The fourth-order valence-electron chi connectivity index (χ4n) is 2.99. The van der Waals surface area contributed by atoms with Crippen molar-refractivity contribution in [2.24, 2.45) is 0 Å². The van der Waals surface area contributed by atoms with Gasteiger partial charge in [0.2, 0.25) is 0 Å². The van der Waals surface area contributed by atoms with Gasteiger partial charge in [0.25, 0.3) is 0 Å². The largest absolute Gasteiger partial charge is 0.482 e. The minimum atomic E-state index is -0.976. The lowest BCUT2D eigenvalue weighted by molar-refractivity contribution is -0.139. The Morgan fingerprint density at radius 1 is 0.966 bits per heavy atom. The molecule has 0 aliphatic heterocycles. The number of benzene rings is 3. The van der Waals surface area contributed by atoms with Crippen molar-refractivity contribution in [2.75, 3.05) is 12.4 Å². The fourth-order valence-corrected chi connectivity index (χ4v) is 3.87. The van der Waals surface area contributed by atoms with Crippen LogP contribution in [0.5, 0.6) is 5.75 Å². The van der Waals surface area contributed by atoms with E-state index in [1.54, 1.807) is 11.8 Å². The molecule has 0 amide bonds. The van der Waals surface area contributed by atoms with E-state index in [1.807, 2.05) is 31.2 Å². The molecule has 0 unspecified atom stereocenters. The second kappa shape index (κ2) is 9.99. The van der Waals surface area contributed by atoms with Crippen LogP contribution in [0.3, 0.4) is 0 Å². The van der Waals surface area contributed by atoms with Gasteiger partial charge in [0.1, 0.15) is 5.75 Å². The Bertz CT molecular complexity index is 992. The first-order valence-electron chi connectivity index (χ1n) is 9.43. The SMILES string of the molecule is Cc1ccc(C(=CCSc2ccc(OCC(=O)O)cc2C)c2ccccc2)cc1. The molecule has 0 aromatic heterocycles. The Balaban J connectivity index is 1.76. The maximum atomic E-state index is 10.6. The molecule has 3 aromatic carbocycles. The molecule has 0 saturated heterocycles. The van der Waals surface area contributed by atoms with Gasteiger partial charge in [-0.15, -0.1) is 11.8 Å². The Morgan fingerprint density at radius 3 is 2.31 bits per heavy atom. The van der Waals surface area contributed by atoms with Crippen molar-refractivity contribution in [3.8, 4) is 5.75 Å². The van der Waals surface area contributed by atoms with Crippen LogP contribution in [0.1, 0.15) is 22.3 Å². The standard InChI is InChI=1S/C25H24O3S/c1-18-8-10-21(11-9-18)23(20-6-4-3-5-7-20)14-15-29-24-13-12-22(16-19(24)2)28-17-25(26)27/h3-14,16H,15,17H2,1-2H3,(H,26,27). The molecular weight excluding hydrogens is 380 g/mol. The van der Waals surface area contributed by atoms with E-state index in [1.165, 1.54) is 22.3 Å². The van der Waals surface area contributed by atoms with Crippen molar-refractivity contribution < 1.29 is 14.6 Å². The highest BCUT2D eigenvalue weighted by Crippen LogP contribution is 2.29. The predicted octanol–water partition coefficient (Wildman–Crippen LogP) is 5.99. The first-order chi connectivity index (χ1) is 14.0. The van der Waals surface area contributed by atoms with Crippen molar-refractivity contribution in [1.29, 1.82) is 0 Å². The maximum Gasteiger partial charge on any atom is 0.341 e. The normalized spacial score (nSPS) is 11.3. The van der Waals surface area contributed by atoms with E-state index in [2.05, 4.69) is 61.5 Å². The van der Waals surface area contributed by atoms with Crippen LogP contribution in [0.25, 0.3) is 5.57 Å². The van der Waals surface area contributed by atoms with Crippen LogP contribution in [0, 0.1) is 13.8 Å². The minimum Gasteiger partial charge on any atom is -0.482 e. The van der Waals surface area contributed by atoms with E-state index in [-0.39, 0.29) is 6.61 Å². The number of ether oxygens (including phenoxy) is 1. The summed E-state index contributed by atoms with van der Waals surface area (Å²) in [4.78, 5) is 11.8. The number of rotatable bonds is 8. The molecule has 0 fully saturated rings. The molecule has 0 spiro atoms. The zero-order chi connectivity index (χ0) is 20.6. The van der Waals surface area contributed by atoms with Gasteiger partial charge in [-0.2, -0.15) is 0 Å². The fraction of sp³-hybridized carbons (Fsp3) is 0.160. The van der Waals surface area contributed by atoms with E-state index in [0.29, 0.717) is 5.75 Å². The molecule has 29 heavy (non-hydrogen) atoms. The molecular formula is C25H24O3S. The molecule has 0 radical (unpaired) electrons. The smallest absolute Gasteiger partial charge is 0.341 e. The molecule has 1 N–H and O–H groups in total. The van der Waals surface area contributed by atoms with Gasteiger partial charge >= 0.3 is 5.97 Å². The third kappa shape index (κ3) is 6.00. The number of carboxylic acid groups (broad SMARTS) is 1. The predicted molar refractivity (Wildman–Crippen MR) is 120 cm³/mol. The number of carboxylic acids is 1. The molecule has 0 aliphatic rings. The monoisotopic (exact) mass is 404 g/mol. The van der Waals surface area contributed by atoms with Gasteiger partial charge in [0.05, 0.1) is 0 Å². The summed E-state index contributed by atoms with van der Waals surface area (Å²) >= 11 is 1.75. The number of aliphatic carboxylic acids is 1. The quantitative estimate of drug-likeness (QED) is 0.468. The highest BCUT2D eigenvalue weighted by Gasteiger charge is 2.07. The Morgan fingerprint density at radius 2 is 1.66 bits per heavy atom. The van der Waals surface area contributed by atoms with Crippen molar-refractivity contribution in [1.82, 2.24) is 0 Å². The molecule has 3 nitrogen and oxygen atoms in total. The van der Waals surface area contributed by atoms with Crippen LogP contribution in [0.2, 0.25) is 0 Å². The summed E-state index contributed by atoms with van der Waals surface area (Å²) in [7, 11) is 0. The molecule has 0 aliphatic carbocycles. The summed E-state index contributed by atoms with van der Waals surface area (Å²) < 4.78 is 5.25. The maximum absolute atomic E-state index is 10.6. The van der Waals surface area contributed by atoms with E-state index in [9.17, 15) is 4.79 Å². The summed E-state index contributed by atoms with van der Waals surface area (Å²) in [5.41, 5.74) is 5.94. The second-order valence-electron chi connectivity index (χ2n) is 6.77. The van der Waals surface area contributed by atoms with E-state index in [4.69, 9.17) is 9.84 Å². The molecule has 0 atom stereocenters. The summed E-state index contributed by atoms with van der Waals surface area (Å²) in [5, 5.41) is 8.73. The van der Waals surface area contributed by atoms with Gasteiger partial charge in [-0.3, -0.25) is 0 Å². The number of hydrogen-bond acceptors (Lipinski definition) is 3. The molecule has 0 saturated carbocycles. The highest BCUT2D eigenvalue weighted by atomic mass is 32.2. The lowest BCUT2D eigenvalue weighted by atomic mass is 9.97. The number of carbonyl (C=O) groups is 1. The van der Waals surface area contributed by atoms with Crippen LogP contribution in [-0.2, 0) is 4.79 Å². The first kappa shape index (κ1) is 20.7. The van der Waals surface area contributed by atoms with E-state index < -0.39 is 5.97 Å². The van der Waals surface area contributed by atoms with Crippen molar-refractivity contribution >= 4 is 23.3 Å². The van der Waals surface area contributed by atoms with E-state index >= 15 is 0 Å². The molecule has 4 heteroatoms. The summed E-state index contributed by atoms with van der Waals surface area (Å²) in [5.74, 6) is 0.430. The summed E-state index contributed by atoms with van der Waals surface area (Å²) in [6.07, 6.45) is 2.26. The average molecular weight is 405 g/mol. The van der Waals surface area contributed by atoms with Gasteiger partial charge in [0, 0.05) is 10.6 Å². The zero-order valence-corrected chi connectivity index (χ0v) is 17.4. The van der Waals surface area contributed by atoms with Crippen LogP contribution >= 0.6 is 11.8 Å². The van der Waals surface area contributed by atoms with Gasteiger partial charge < -0.3 is 9.84 Å². The Hall–Kier alpha value is -2.98. The molecule has 0 heterocycles. The van der Waals surface area contributed by atoms with Crippen molar-refractivity contribution in [3.05, 3.63) is 101 Å². The molecule has 0 bridgehead atoms. The molecule has 148 valence electrons. The third-order valence-corrected chi connectivity index (χ3v) is 5.58. The van der Waals surface area contributed by atoms with Crippen LogP contribution in [0.15, 0.2) is 83.8 Å². The van der Waals surface area contributed by atoms with Gasteiger partial charge in [-0.1, -0.05) is 66.2 Å². The van der Waals surface area contributed by atoms with Crippen LogP contribution < -0.4 is 4.74 Å². The number of hydrogen-bond donors (Lipinski definition) is 1. The second-order valence-corrected chi connectivity index (χ2v) is 7.83. The van der Waals surface area contributed by atoms with Gasteiger partial charge in [-0.25, -0.2) is 4.79 Å². The zero-order valence-electron chi connectivity index (χ0n) is 16.6. The van der Waals surface area contributed by atoms with Crippen LogP contribution in [-0.4, -0.2) is 23.4 Å². The number of thioether (sulfide) groups is 1. The topological polar surface area (TPSA) is 46.5 Å². The Labute approximate surface area is 176 Å². The minimum absolute atomic E-state index is 0.328. The summed E-state index contributed by atoms with van der Waals surface area (Å²) in [6, 6.07) is 24.7. The van der Waals surface area contributed by atoms with Gasteiger partial charge in [0.15, 0.2) is 6.61 Å². The van der Waals surface area contributed by atoms with E-state index in [0.717, 1.165) is 16.2 Å². The van der Waals surface area contributed by atoms with Gasteiger partial charge in [-0.05, 0) is 54.3 Å². The molecule has 3 rings (SSSR count). The third-order valence-electron chi connectivity index (χ3n) is 4.48. The summed E-state index contributed by atoms with van der Waals surface area (Å²) in [6.45, 7) is 3.78. The number of aryl methyl sites for hydroxylation is 2. The highest BCUT2D eigenvalue weighted by molar-refractivity contribution is 7.99. The first-order valence-corrected chi connectivity index (χ1v) is 10.4. The molecule has 3 aromatic rings. The van der Waals surface area contributed by atoms with Crippen LogP contribution in [0.4, 0.5) is 0 Å². The average Bonchev–Trinajstić information content (AvgIpc) is 2.72.